The normalized spacial score (nSPS) is 18.6. The minimum atomic E-state index is -0.940. The molecule has 2 N–H and O–H groups in total. The first kappa shape index (κ1) is 13.4. The van der Waals surface area contributed by atoms with Crippen LogP contribution in [0.1, 0.15) is 24.1 Å². The molecule has 1 atom stereocenters. The molecule has 0 radical (unpaired) electrons. The Labute approximate surface area is 111 Å². The van der Waals surface area contributed by atoms with Crippen LogP contribution < -0.4 is 5.32 Å². The van der Waals surface area contributed by atoms with E-state index in [0.717, 1.165) is 17.7 Å². The van der Waals surface area contributed by atoms with Crippen LogP contribution in [0.25, 0.3) is 0 Å². The van der Waals surface area contributed by atoms with Crippen molar-refractivity contribution in [3.8, 4) is 0 Å². The molecule has 1 aromatic rings. The van der Waals surface area contributed by atoms with Gasteiger partial charge in [0.15, 0.2) is 0 Å². The van der Waals surface area contributed by atoms with E-state index in [0.29, 0.717) is 19.5 Å². The van der Waals surface area contributed by atoms with E-state index in [-0.39, 0.29) is 6.03 Å². The molecule has 0 aliphatic carbocycles. The van der Waals surface area contributed by atoms with Crippen LogP contribution in [-0.4, -0.2) is 44.4 Å². The maximum absolute atomic E-state index is 12.0. The lowest BCUT2D eigenvalue weighted by Crippen LogP contribution is -2.45. The number of hydrogen-bond donors (Lipinski definition) is 2. The van der Waals surface area contributed by atoms with Crippen molar-refractivity contribution in [1.29, 1.82) is 0 Å². The molecule has 1 saturated heterocycles. The third-order valence-electron chi connectivity index (χ3n) is 3.34. The molecule has 0 bridgehead atoms. The second-order valence-corrected chi connectivity index (χ2v) is 4.76. The molecule has 1 aromatic heterocycles. The first-order valence-corrected chi connectivity index (χ1v) is 6.25. The maximum Gasteiger partial charge on any atom is 0.326 e. The molecular weight excluding hydrogens is 248 g/mol. The first-order valence-electron chi connectivity index (χ1n) is 6.25. The fourth-order valence-corrected chi connectivity index (χ4v) is 2.36. The number of aromatic nitrogens is 2. The molecule has 7 heteroatoms. The van der Waals surface area contributed by atoms with E-state index >= 15 is 0 Å². The largest absolute Gasteiger partial charge is 0.480 e. The monoisotopic (exact) mass is 266 g/mol. The summed E-state index contributed by atoms with van der Waals surface area (Å²) in [5.41, 5.74) is 1.79. The van der Waals surface area contributed by atoms with Gasteiger partial charge in [-0.3, -0.25) is 4.68 Å². The summed E-state index contributed by atoms with van der Waals surface area (Å²) in [6.07, 6.45) is 3.10. The smallest absolute Gasteiger partial charge is 0.326 e. The Morgan fingerprint density at radius 3 is 2.89 bits per heavy atom. The second-order valence-electron chi connectivity index (χ2n) is 4.76. The number of likely N-dealkylation sites (tertiary alicyclic amines) is 1. The van der Waals surface area contributed by atoms with Crippen LogP contribution in [0, 0.1) is 6.92 Å². The number of carbonyl (C=O) groups is 2. The summed E-state index contributed by atoms with van der Waals surface area (Å²) in [5, 5.41) is 16.0. The maximum atomic E-state index is 12.0. The van der Waals surface area contributed by atoms with Gasteiger partial charge in [0.2, 0.25) is 0 Å². The molecule has 2 rings (SSSR count). The van der Waals surface area contributed by atoms with Gasteiger partial charge in [-0.1, -0.05) is 0 Å². The molecule has 0 unspecified atom stereocenters. The molecule has 7 nitrogen and oxygen atoms in total. The van der Waals surface area contributed by atoms with E-state index in [9.17, 15) is 9.59 Å². The third-order valence-corrected chi connectivity index (χ3v) is 3.34. The van der Waals surface area contributed by atoms with Gasteiger partial charge >= 0.3 is 12.0 Å². The molecule has 104 valence electrons. The van der Waals surface area contributed by atoms with Crippen molar-refractivity contribution in [1.82, 2.24) is 20.0 Å². The van der Waals surface area contributed by atoms with E-state index in [4.69, 9.17) is 5.11 Å². The van der Waals surface area contributed by atoms with Gasteiger partial charge in [-0.25, -0.2) is 9.59 Å². The fourth-order valence-electron chi connectivity index (χ4n) is 2.36. The number of carboxylic acids is 1. The summed E-state index contributed by atoms with van der Waals surface area (Å²) >= 11 is 0. The Morgan fingerprint density at radius 1 is 1.58 bits per heavy atom. The van der Waals surface area contributed by atoms with E-state index < -0.39 is 12.0 Å². The van der Waals surface area contributed by atoms with E-state index in [1.165, 1.54) is 4.90 Å². The number of nitrogens with zero attached hydrogens (tertiary/aromatic N) is 3. The van der Waals surface area contributed by atoms with Crippen LogP contribution in [-0.2, 0) is 18.4 Å². The molecule has 1 aliphatic rings. The van der Waals surface area contributed by atoms with Gasteiger partial charge in [0.05, 0.1) is 5.69 Å². The fraction of sp³-hybridized carbons (Fsp3) is 0.583. The van der Waals surface area contributed by atoms with E-state index in [2.05, 4.69) is 10.4 Å². The third kappa shape index (κ3) is 2.86. The van der Waals surface area contributed by atoms with E-state index in [1.807, 2.05) is 20.2 Å². The first-order chi connectivity index (χ1) is 8.99. The van der Waals surface area contributed by atoms with Crippen molar-refractivity contribution >= 4 is 12.0 Å². The molecular formula is C12H18N4O3. The summed E-state index contributed by atoms with van der Waals surface area (Å²) in [7, 11) is 1.82. The Hall–Kier alpha value is -2.05. The lowest BCUT2D eigenvalue weighted by molar-refractivity contribution is -0.141. The summed E-state index contributed by atoms with van der Waals surface area (Å²) < 4.78 is 1.69. The van der Waals surface area contributed by atoms with Gasteiger partial charge in [-0.05, 0) is 19.8 Å². The zero-order valence-electron chi connectivity index (χ0n) is 11.1. The molecule has 0 saturated carbocycles. The molecule has 19 heavy (non-hydrogen) atoms. The standard InChI is InChI=1S/C12H18N4O3/c1-8-9(7-15(2)14-8)6-13-12(19)16-5-3-4-10(16)11(17)18/h7,10H,3-6H2,1-2H3,(H,13,19)(H,17,18)/t10-/m1/s1. The van der Waals surface area contributed by atoms with Gasteiger partial charge in [0.25, 0.3) is 0 Å². The van der Waals surface area contributed by atoms with Crippen molar-refractivity contribution in [2.75, 3.05) is 6.54 Å². The van der Waals surface area contributed by atoms with Gasteiger partial charge < -0.3 is 15.3 Å². The van der Waals surface area contributed by atoms with Gasteiger partial charge in [-0.2, -0.15) is 5.10 Å². The highest BCUT2D eigenvalue weighted by molar-refractivity contribution is 5.83. The Balaban J connectivity index is 1.94. The summed E-state index contributed by atoms with van der Waals surface area (Å²) in [6.45, 7) is 2.73. The Morgan fingerprint density at radius 2 is 2.32 bits per heavy atom. The van der Waals surface area contributed by atoms with Crippen LogP contribution in [0.2, 0.25) is 0 Å². The van der Waals surface area contributed by atoms with Crippen molar-refractivity contribution in [3.63, 3.8) is 0 Å². The van der Waals surface area contributed by atoms with Crippen LogP contribution >= 0.6 is 0 Å². The zero-order chi connectivity index (χ0) is 14.0. The van der Waals surface area contributed by atoms with Crippen LogP contribution in [0.5, 0.6) is 0 Å². The minimum absolute atomic E-state index is 0.326. The van der Waals surface area contributed by atoms with Gasteiger partial charge in [0, 0.05) is 31.9 Å². The topological polar surface area (TPSA) is 87.5 Å². The Kier molecular flexibility index (Phi) is 3.73. The van der Waals surface area contributed by atoms with Crippen molar-refractivity contribution in [2.45, 2.75) is 32.4 Å². The van der Waals surface area contributed by atoms with Crippen LogP contribution in [0.4, 0.5) is 4.79 Å². The van der Waals surface area contributed by atoms with Gasteiger partial charge in [0.1, 0.15) is 6.04 Å². The molecule has 0 aromatic carbocycles. The lowest BCUT2D eigenvalue weighted by atomic mass is 10.2. The van der Waals surface area contributed by atoms with E-state index in [1.54, 1.807) is 4.68 Å². The second kappa shape index (κ2) is 5.29. The number of urea groups is 1. The van der Waals surface area contributed by atoms with Crippen molar-refractivity contribution in [2.24, 2.45) is 7.05 Å². The molecule has 2 amide bonds. The number of rotatable bonds is 3. The SMILES string of the molecule is Cc1nn(C)cc1CNC(=O)N1CCC[C@@H]1C(=O)O. The minimum Gasteiger partial charge on any atom is -0.480 e. The molecule has 2 heterocycles. The average Bonchev–Trinajstić information content (AvgIpc) is 2.93. The number of aryl methyl sites for hydroxylation is 2. The van der Waals surface area contributed by atoms with Crippen molar-refractivity contribution < 1.29 is 14.7 Å². The number of aliphatic carboxylic acids is 1. The highest BCUT2D eigenvalue weighted by Crippen LogP contribution is 2.17. The number of carboxylic acid groups (broad SMARTS) is 1. The lowest BCUT2D eigenvalue weighted by Gasteiger charge is -2.21. The predicted molar refractivity (Wildman–Crippen MR) is 67.5 cm³/mol. The number of amides is 2. The Bertz CT molecular complexity index is 497. The molecule has 1 aliphatic heterocycles. The quantitative estimate of drug-likeness (QED) is 0.833. The van der Waals surface area contributed by atoms with Crippen LogP contribution in [0.15, 0.2) is 6.20 Å². The van der Waals surface area contributed by atoms with Crippen LogP contribution in [0.3, 0.4) is 0 Å². The number of carbonyl (C=O) groups excluding carboxylic acids is 1. The predicted octanol–water partition coefficient (Wildman–Crippen LogP) is 0.487. The number of hydrogen-bond acceptors (Lipinski definition) is 3. The average molecular weight is 266 g/mol. The summed E-state index contributed by atoms with van der Waals surface area (Å²) in [4.78, 5) is 24.4. The highest BCUT2D eigenvalue weighted by Gasteiger charge is 2.33. The van der Waals surface area contributed by atoms with Crippen molar-refractivity contribution in [3.05, 3.63) is 17.5 Å². The summed E-state index contributed by atoms with van der Waals surface area (Å²) in [5.74, 6) is -0.940. The van der Waals surface area contributed by atoms with Gasteiger partial charge in [-0.15, -0.1) is 0 Å². The number of nitrogens with one attached hydrogen (secondary N) is 1. The molecule has 0 spiro atoms. The molecule has 1 fully saturated rings. The highest BCUT2D eigenvalue weighted by atomic mass is 16.4. The zero-order valence-corrected chi connectivity index (χ0v) is 11.1. The summed E-state index contributed by atoms with van der Waals surface area (Å²) in [6, 6.07) is -1.02.